The van der Waals surface area contributed by atoms with Gasteiger partial charge in [-0.1, -0.05) is 31.0 Å². The third-order valence-electron chi connectivity index (χ3n) is 3.19. The van der Waals surface area contributed by atoms with Crippen LogP contribution in [0.3, 0.4) is 0 Å². The van der Waals surface area contributed by atoms with Gasteiger partial charge in [0.1, 0.15) is 0 Å². The molecule has 0 N–H and O–H groups in total. The Labute approximate surface area is 113 Å². The zero-order valence-electron chi connectivity index (χ0n) is 10.5. The van der Waals surface area contributed by atoms with E-state index in [9.17, 15) is 4.79 Å². The number of thiol groups is 1. The molecular weight excluding hydrogens is 242 g/mol. The molecule has 0 bridgehead atoms. The number of fused-ring (bicyclic) bond motifs is 1. The van der Waals surface area contributed by atoms with E-state index in [-0.39, 0.29) is 5.56 Å². The SMILES string of the molecule is O=c1c2ccccc2ccn1CCCCCCS. The number of hydrogen-bond donors (Lipinski definition) is 1. The minimum Gasteiger partial charge on any atom is -0.315 e. The van der Waals surface area contributed by atoms with Crippen LogP contribution in [0.5, 0.6) is 0 Å². The van der Waals surface area contributed by atoms with Crippen LogP contribution in [-0.4, -0.2) is 10.3 Å². The third-order valence-corrected chi connectivity index (χ3v) is 3.51. The maximum Gasteiger partial charge on any atom is 0.258 e. The van der Waals surface area contributed by atoms with E-state index in [0.717, 1.165) is 35.9 Å². The van der Waals surface area contributed by atoms with Crippen LogP contribution in [0.15, 0.2) is 41.3 Å². The molecule has 0 aliphatic carbocycles. The molecule has 1 aromatic carbocycles. The van der Waals surface area contributed by atoms with Gasteiger partial charge in [-0.3, -0.25) is 4.79 Å². The van der Waals surface area contributed by atoms with Crippen LogP contribution in [0.2, 0.25) is 0 Å². The molecule has 2 nitrogen and oxygen atoms in total. The summed E-state index contributed by atoms with van der Waals surface area (Å²) in [5.41, 5.74) is 0.127. The van der Waals surface area contributed by atoms with E-state index in [4.69, 9.17) is 0 Å². The van der Waals surface area contributed by atoms with Crippen molar-refractivity contribution in [1.29, 1.82) is 0 Å². The third kappa shape index (κ3) is 3.16. The van der Waals surface area contributed by atoms with Crippen molar-refractivity contribution in [2.45, 2.75) is 32.2 Å². The molecule has 0 atom stereocenters. The Kier molecular flexibility index (Phi) is 4.88. The molecule has 0 aliphatic heterocycles. The van der Waals surface area contributed by atoms with Gasteiger partial charge in [0, 0.05) is 18.1 Å². The van der Waals surface area contributed by atoms with Crippen LogP contribution in [0.1, 0.15) is 25.7 Å². The molecule has 1 heterocycles. The maximum atomic E-state index is 12.2. The van der Waals surface area contributed by atoms with Crippen molar-refractivity contribution < 1.29 is 0 Å². The lowest BCUT2D eigenvalue weighted by Gasteiger charge is -2.06. The standard InChI is InChI=1S/C15H19NOS/c17-15-14-8-4-3-7-13(14)9-11-16(15)10-5-1-2-6-12-18/h3-4,7-9,11,18H,1-2,5-6,10,12H2. The molecular formula is C15H19NOS. The average molecular weight is 261 g/mol. The first-order valence-corrected chi connectivity index (χ1v) is 7.15. The molecule has 0 unspecified atom stereocenters. The average Bonchev–Trinajstić information content (AvgIpc) is 2.41. The van der Waals surface area contributed by atoms with Crippen LogP contribution in [-0.2, 0) is 6.54 Å². The number of pyridine rings is 1. The van der Waals surface area contributed by atoms with Crippen molar-refractivity contribution in [2.24, 2.45) is 0 Å². The van der Waals surface area contributed by atoms with E-state index in [1.165, 1.54) is 12.8 Å². The second-order valence-corrected chi connectivity index (χ2v) is 4.99. The predicted molar refractivity (Wildman–Crippen MR) is 80.5 cm³/mol. The molecule has 0 saturated carbocycles. The summed E-state index contributed by atoms with van der Waals surface area (Å²) in [6.45, 7) is 0.816. The van der Waals surface area contributed by atoms with Gasteiger partial charge in [-0.25, -0.2) is 0 Å². The fourth-order valence-electron chi connectivity index (χ4n) is 2.15. The molecule has 2 rings (SSSR count). The lowest BCUT2D eigenvalue weighted by molar-refractivity contribution is 0.574. The number of benzene rings is 1. The predicted octanol–water partition coefficient (Wildman–Crippen LogP) is 3.49. The van der Waals surface area contributed by atoms with Gasteiger partial charge >= 0.3 is 0 Å². The lowest BCUT2D eigenvalue weighted by atomic mass is 10.1. The summed E-state index contributed by atoms with van der Waals surface area (Å²) < 4.78 is 1.82. The van der Waals surface area contributed by atoms with Gasteiger partial charge in [0.2, 0.25) is 0 Å². The first kappa shape index (κ1) is 13.2. The van der Waals surface area contributed by atoms with E-state index in [0.29, 0.717) is 0 Å². The van der Waals surface area contributed by atoms with Gasteiger partial charge in [0.05, 0.1) is 0 Å². The fraction of sp³-hybridized carbons (Fsp3) is 0.400. The summed E-state index contributed by atoms with van der Waals surface area (Å²) in [5.74, 6) is 0.954. The van der Waals surface area contributed by atoms with E-state index in [1.54, 1.807) is 0 Å². The Morgan fingerprint density at radius 2 is 1.78 bits per heavy atom. The van der Waals surface area contributed by atoms with Crippen LogP contribution in [0.25, 0.3) is 10.8 Å². The highest BCUT2D eigenvalue weighted by atomic mass is 32.1. The second-order valence-electron chi connectivity index (χ2n) is 4.54. The number of aryl methyl sites for hydroxylation is 1. The smallest absolute Gasteiger partial charge is 0.258 e. The van der Waals surface area contributed by atoms with Gasteiger partial charge in [0.25, 0.3) is 5.56 Å². The molecule has 3 heteroatoms. The monoisotopic (exact) mass is 261 g/mol. The number of hydrogen-bond acceptors (Lipinski definition) is 2. The number of unbranched alkanes of at least 4 members (excludes halogenated alkanes) is 3. The highest BCUT2D eigenvalue weighted by molar-refractivity contribution is 7.80. The highest BCUT2D eigenvalue weighted by Gasteiger charge is 2.01. The van der Waals surface area contributed by atoms with Crippen molar-refractivity contribution in [3.63, 3.8) is 0 Å². The van der Waals surface area contributed by atoms with Crippen molar-refractivity contribution in [3.8, 4) is 0 Å². The van der Waals surface area contributed by atoms with Crippen molar-refractivity contribution >= 4 is 23.4 Å². The van der Waals surface area contributed by atoms with Gasteiger partial charge in [0.15, 0.2) is 0 Å². The second kappa shape index (κ2) is 6.64. The van der Waals surface area contributed by atoms with Crippen molar-refractivity contribution in [1.82, 2.24) is 4.57 Å². The van der Waals surface area contributed by atoms with E-state index >= 15 is 0 Å². The highest BCUT2D eigenvalue weighted by Crippen LogP contribution is 2.09. The zero-order chi connectivity index (χ0) is 12.8. The topological polar surface area (TPSA) is 22.0 Å². The number of nitrogens with zero attached hydrogens (tertiary/aromatic N) is 1. The minimum absolute atomic E-state index is 0.127. The Morgan fingerprint density at radius 3 is 2.61 bits per heavy atom. The molecule has 0 amide bonds. The Hall–Kier alpha value is -1.22. The molecule has 0 aliphatic rings. The van der Waals surface area contributed by atoms with Crippen LogP contribution in [0.4, 0.5) is 0 Å². The zero-order valence-corrected chi connectivity index (χ0v) is 11.4. The Balaban J connectivity index is 2.05. The van der Waals surface area contributed by atoms with E-state index < -0.39 is 0 Å². The molecule has 1 aromatic heterocycles. The quantitative estimate of drug-likeness (QED) is 0.624. The van der Waals surface area contributed by atoms with Crippen LogP contribution >= 0.6 is 12.6 Å². The van der Waals surface area contributed by atoms with Gasteiger partial charge in [-0.05, 0) is 36.1 Å². The number of rotatable bonds is 6. The molecule has 96 valence electrons. The van der Waals surface area contributed by atoms with Gasteiger partial charge < -0.3 is 4.57 Å². The first-order valence-electron chi connectivity index (χ1n) is 6.52. The summed E-state index contributed by atoms with van der Waals surface area (Å²) >= 11 is 4.19. The maximum absolute atomic E-state index is 12.2. The van der Waals surface area contributed by atoms with Gasteiger partial charge in [-0.2, -0.15) is 12.6 Å². The first-order chi connectivity index (χ1) is 8.83. The minimum atomic E-state index is 0.127. The summed E-state index contributed by atoms with van der Waals surface area (Å²) in [6, 6.07) is 9.78. The molecule has 0 radical (unpaired) electrons. The fourth-order valence-corrected chi connectivity index (χ4v) is 2.38. The summed E-state index contributed by atoms with van der Waals surface area (Å²) in [4.78, 5) is 12.2. The molecule has 2 aromatic rings. The van der Waals surface area contributed by atoms with Crippen LogP contribution < -0.4 is 5.56 Å². The van der Waals surface area contributed by atoms with E-state index in [2.05, 4.69) is 12.6 Å². The Morgan fingerprint density at radius 1 is 1.00 bits per heavy atom. The Bertz CT molecular complexity index is 562. The number of aromatic nitrogens is 1. The van der Waals surface area contributed by atoms with Crippen molar-refractivity contribution in [2.75, 3.05) is 5.75 Å². The summed E-state index contributed by atoms with van der Waals surface area (Å²) in [7, 11) is 0. The molecule has 0 spiro atoms. The van der Waals surface area contributed by atoms with Crippen molar-refractivity contribution in [3.05, 3.63) is 46.9 Å². The lowest BCUT2D eigenvalue weighted by Crippen LogP contribution is -2.19. The largest absolute Gasteiger partial charge is 0.315 e. The molecule has 0 saturated heterocycles. The van der Waals surface area contributed by atoms with Crippen LogP contribution in [0, 0.1) is 0 Å². The molecule has 0 fully saturated rings. The van der Waals surface area contributed by atoms with Gasteiger partial charge in [-0.15, -0.1) is 0 Å². The normalized spacial score (nSPS) is 10.9. The van der Waals surface area contributed by atoms with E-state index in [1.807, 2.05) is 41.1 Å². The summed E-state index contributed by atoms with van der Waals surface area (Å²) in [5, 5.41) is 1.84. The summed E-state index contributed by atoms with van der Waals surface area (Å²) in [6.07, 6.45) is 6.50. The molecule has 18 heavy (non-hydrogen) atoms.